The molecule has 0 fully saturated rings. The third-order valence-electron chi connectivity index (χ3n) is 2.58. The Bertz CT molecular complexity index is 370. The molecular formula is C12H22N4O. The first-order chi connectivity index (χ1) is 8.02. The van der Waals surface area contributed by atoms with Crippen LogP contribution >= 0.6 is 0 Å². The fourth-order valence-electron chi connectivity index (χ4n) is 1.24. The standard InChI is InChI=1S/C12H22N4O/c1-5-9(4)15-12(13)14-7-10-6-11(8(2)3)16-17-10/h6,8-9H,5,7H2,1-4H3,(H3,13,14,15). The number of nitrogens with zero attached hydrogens (tertiary/aromatic N) is 2. The lowest BCUT2D eigenvalue weighted by Gasteiger charge is -2.11. The van der Waals surface area contributed by atoms with Crippen molar-refractivity contribution in [2.24, 2.45) is 10.7 Å². The minimum absolute atomic E-state index is 0.333. The average Bonchev–Trinajstić information content (AvgIpc) is 2.75. The Morgan fingerprint density at radius 1 is 1.53 bits per heavy atom. The van der Waals surface area contributed by atoms with Crippen LogP contribution in [0.15, 0.2) is 15.6 Å². The van der Waals surface area contributed by atoms with Gasteiger partial charge >= 0.3 is 0 Å². The Labute approximate surface area is 102 Å². The molecule has 0 saturated carbocycles. The summed E-state index contributed by atoms with van der Waals surface area (Å²) in [5.41, 5.74) is 6.69. The molecule has 1 rings (SSSR count). The predicted octanol–water partition coefficient (Wildman–Crippen LogP) is 2.00. The first-order valence-corrected chi connectivity index (χ1v) is 6.04. The largest absolute Gasteiger partial charge is 0.370 e. The number of hydrogen-bond acceptors (Lipinski definition) is 3. The average molecular weight is 238 g/mol. The molecule has 0 aliphatic heterocycles. The molecule has 17 heavy (non-hydrogen) atoms. The smallest absolute Gasteiger partial charge is 0.189 e. The molecule has 1 atom stereocenters. The summed E-state index contributed by atoms with van der Waals surface area (Å²) < 4.78 is 5.17. The second-order valence-electron chi connectivity index (χ2n) is 4.53. The van der Waals surface area contributed by atoms with E-state index in [4.69, 9.17) is 10.3 Å². The van der Waals surface area contributed by atoms with Crippen LogP contribution in [-0.4, -0.2) is 17.2 Å². The van der Waals surface area contributed by atoms with Crippen LogP contribution in [0.5, 0.6) is 0 Å². The molecule has 1 aromatic heterocycles. The number of nitrogens with two attached hydrogens (primary N) is 1. The van der Waals surface area contributed by atoms with Gasteiger partial charge in [0.05, 0.1) is 5.69 Å². The summed E-state index contributed by atoms with van der Waals surface area (Å²) in [4.78, 5) is 4.20. The maximum Gasteiger partial charge on any atom is 0.189 e. The van der Waals surface area contributed by atoms with E-state index in [1.165, 1.54) is 0 Å². The van der Waals surface area contributed by atoms with Gasteiger partial charge in [0.2, 0.25) is 0 Å². The first-order valence-electron chi connectivity index (χ1n) is 6.04. The molecule has 0 spiro atoms. The van der Waals surface area contributed by atoms with Gasteiger partial charge in [-0.25, -0.2) is 4.99 Å². The Balaban J connectivity index is 2.50. The van der Waals surface area contributed by atoms with Crippen molar-refractivity contribution < 1.29 is 4.52 Å². The highest BCUT2D eigenvalue weighted by Crippen LogP contribution is 2.14. The van der Waals surface area contributed by atoms with E-state index < -0.39 is 0 Å². The lowest BCUT2D eigenvalue weighted by molar-refractivity contribution is 0.376. The third kappa shape index (κ3) is 4.46. The zero-order valence-electron chi connectivity index (χ0n) is 11.0. The van der Waals surface area contributed by atoms with Crippen LogP contribution in [0.4, 0.5) is 0 Å². The van der Waals surface area contributed by atoms with Crippen LogP contribution in [0.1, 0.15) is 51.5 Å². The molecule has 0 aliphatic carbocycles. The molecule has 0 saturated heterocycles. The van der Waals surface area contributed by atoms with Crippen LogP contribution < -0.4 is 11.1 Å². The fourth-order valence-corrected chi connectivity index (χ4v) is 1.24. The SMILES string of the molecule is CCC(C)NC(N)=NCc1cc(C(C)C)no1. The van der Waals surface area contributed by atoms with Gasteiger partial charge in [0.15, 0.2) is 11.7 Å². The summed E-state index contributed by atoms with van der Waals surface area (Å²) in [6.07, 6.45) is 1.01. The lowest BCUT2D eigenvalue weighted by Crippen LogP contribution is -2.38. The summed E-state index contributed by atoms with van der Waals surface area (Å²) in [6.45, 7) is 8.73. The molecule has 0 aromatic carbocycles. The fraction of sp³-hybridized carbons (Fsp3) is 0.667. The number of aliphatic imine (C=N–C) groups is 1. The summed E-state index contributed by atoms with van der Waals surface area (Å²) in [7, 11) is 0. The highest BCUT2D eigenvalue weighted by molar-refractivity contribution is 5.78. The van der Waals surface area contributed by atoms with Gasteiger partial charge in [-0.15, -0.1) is 0 Å². The van der Waals surface area contributed by atoms with Crippen molar-refractivity contribution in [3.63, 3.8) is 0 Å². The Kier molecular flexibility index (Phi) is 5.00. The van der Waals surface area contributed by atoms with E-state index in [2.05, 4.69) is 43.2 Å². The third-order valence-corrected chi connectivity index (χ3v) is 2.58. The summed E-state index contributed by atoms with van der Waals surface area (Å²) in [5.74, 6) is 1.55. The number of hydrogen-bond donors (Lipinski definition) is 2. The Morgan fingerprint density at radius 3 is 2.76 bits per heavy atom. The zero-order valence-corrected chi connectivity index (χ0v) is 11.0. The van der Waals surface area contributed by atoms with Crippen molar-refractivity contribution >= 4 is 5.96 Å². The molecule has 1 heterocycles. The van der Waals surface area contributed by atoms with E-state index in [1.54, 1.807) is 0 Å². The van der Waals surface area contributed by atoms with E-state index in [0.29, 0.717) is 24.5 Å². The van der Waals surface area contributed by atoms with Gasteiger partial charge in [0, 0.05) is 12.1 Å². The summed E-state index contributed by atoms with van der Waals surface area (Å²) in [6, 6.07) is 2.25. The van der Waals surface area contributed by atoms with E-state index in [9.17, 15) is 0 Å². The molecule has 1 aromatic rings. The topological polar surface area (TPSA) is 76.4 Å². The quantitative estimate of drug-likeness (QED) is 0.607. The maximum atomic E-state index is 5.74. The number of aromatic nitrogens is 1. The molecule has 5 heteroatoms. The number of rotatable bonds is 5. The molecule has 0 amide bonds. The van der Waals surface area contributed by atoms with E-state index >= 15 is 0 Å². The molecule has 0 bridgehead atoms. The zero-order chi connectivity index (χ0) is 12.8. The van der Waals surface area contributed by atoms with Gasteiger partial charge in [-0.3, -0.25) is 0 Å². The molecule has 1 unspecified atom stereocenters. The predicted molar refractivity (Wildman–Crippen MR) is 68.8 cm³/mol. The molecule has 0 aliphatic rings. The van der Waals surface area contributed by atoms with Crippen molar-refractivity contribution in [1.29, 1.82) is 0 Å². The molecule has 3 N–H and O–H groups in total. The van der Waals surface area contributed by atoms with E-state index in [1.807, 2.05) is 6.07 Å². The minimum atomic E-state index is 0.333. The molecule has 0 radical (unpaired) electrons. The van der Waals surface area contributed by atoms with Gasteiger partial charge in [-0.1, -0.05) is 25.9 Å². The highest BCUT2D eigenvalue weighted by Gasteiger charge is 2.07. The summed E-state index contributed by atoms with van der Waals surface area (Å²) in [5, 5.41) is 7.06. The Hall–Kier alpha value is -1.52. The molecule has 5 nitrogen and oxygen atoms in total. The van der Waals surface area contributed by atoms with Crippen LogP contribution in [0.2, 0.25) is 0 Å². The first kappa shape index (κ1) is 13.5. The molecular weight excluding hydrogens is 216 g/mol. The van der Waals surface area contributed by atoms with Crippen molar-refractivity contribution in [2.45, 2.75) is 52.6 Å². The van der Waals surface area contributed by atoms with Crippen molar-refractivity contribution in [1.82, 2.24) is 10.5 Å². The monoisotopic (exact) mass is 238 g/mol. The number of nitrogens with one attached hydrogen (secondary N) is 1. The van der Waals surface area contributed by atoms with Crippen molar-refractivity contribution in [3.05, 3.63) is 17.5 Å². The van der Waals surface area contributed by atoms with Gasteiger partial charge in [0.25, 0.3) is 0 Å². The molecule has 96 valence electrons. The highest BCUT2D eigenvalue weighted by atomic mass is 16.5. The Morgan fingerprint density at radius 2 is 2.24 bits per heavy atom. The summed E-state index contributed by atoms with van der Waals surface area (Å²) >= 11 is 0. The van der Waals surface area contributed by atoms with Gasteiger partial charge < -0.3 is 15.6 Å². The second-order valence-corrected chi connectivity index (χ2v) is 4.53. The normalized spacial score (nSPS) is 14.1. The van der Waals surface area contributed by atoms with Gasteiger partial charge in [-0.2, -0.15) is 0 Å². The van der Waals surface area contributed by atoms with Crippen LogP contribution in [-0.2, 0) is 6.54 Å². The van der Waals surface area contributed by atoms with Crippen molar-refractivity contribution in [3.8, 4) is 0 Å². The minimum Gasteiger partial charge on any atom is -0.370 e. The van der Waals surface area contributed by atoms with Gasteiger partial charge in [-0.05, 0) is 19.3 Å². The van der Waals surface area contributed by atoms with Crippen LogP contribution in [0.3, 0.4) is 0 Å². The van der Waals surface area contributed by atoms with Crippen LogP contribution in [0.25, 0.3) is 0 Å². The van der Waals surface area contributed by atoms with Crippen LogP contribution in [0, 0.1) is 0 Å². The second kappa shape index (κ2) is 6.27. The number of guanidine groups is 1. The van der Waals surface area contributed by atoms with Crippen molar-refractivity contribution in [2.75, 3.05) is 0 Å². The van der Waals surface area contributed by atoms with E-state index in [0.717, 1.165) is 17.9 Å². The maximum absolute atomic E-state index is 5.74. The van der Waals surface area contributed by atoms with Gasteiger partial charge in [0.1, 0.15) is 6.54 Å². The van der Waals surface area contributed by atoms with E-state index in [-0.39, 0.29) is 0 Å². The lowest BCUT2D eigenvalue weighted by atomic mass is 10.1.